The van der Waals surface area contributed by atoms with Crippen LogP contribution in [0.2, 0.25) is 0 Å². The number of aromatic nitrogens is 2. The first-order chi connectivity index (χ1) is 10.0. The van der Waals surface area contributed by atoms with E-state index in [0.717, 1.165) is 29.3 Å². The van der Waals surface area contributed by atoms with Crippen LogP contribution >= 0.6 is 22.7 Å². The Morgan fingerprint density at radius 1 is 1.43 bits per heavy atom. The van der Waals surface area contributed by atoms with Crippen LogP contribution in [0.4, 0.5) is 5.13 Å². The number of carbonyl (C=O) groups excluding carboxylic acids is 1. The number of carbonyl (C=O) groups is 1. The quantitative estimate of drug-likeness (QED) is 0.926. The van der Waals surface area contributed by atoms with Gasteiger partial charge in [-0.05, 0) is 30.7 Å². The summed E-state index contributed by atoms with van der Waals surface area (Å²) in [6.07, 6.45) is 3.28. The molecule has 1 aliphatic rings. The van der Waals surface area contributed by atoms with Crippen molar-refractivity contribution in [2.45, 2.75) is 46.0 Å². The third kappa shape index (κ3) is 3.01. The Bertz CT molecular complexity index is 660. The molecule has 21 heavy (non-hydrogen) atoms. The molecule has 0 spiro atoms. The topological polar surface area (TPSA) is 54.9 Å². The minimum atomic E-state index is -0.0477. The first kappa shape index (κ1) is 14.7. The van der Waals surface area contributed by atoms with E-state index in [-0.39, 0.29) is 5.91 Å². The van der Waals surface area contributed by atoms with Crippen molar-refractivity contribution in [2.75, 3.05) is 5.32 Å². The second-order valence-corrected chi connectivity index (χ2v) is 7.93. The van der Waals surface area contributed by atoms with Gasteiger partial charge in [0.15, 0.2) is 0 Å². The van der Waals surface area contributed by atoms with Crippen molar-refractivity contribution in [1.29, 1.82) is 0 Å². The first-order valence-corrected chi connectivity index (χ1v) is 8.98. The van der Waals surface area contributed by atoms with Gasteiger partial charge < -0.3 is 0 Å². The SMILES string of the molecule is CC(C)c1nnc(NC(=O)c2csc3c2CC[C@H](C)C3)s1. The molecule has 0 aromatic carbocycles. The van der Waals surface area contributed by atoms with Gasteiger partial charge in [-0.15, -0.1) is 21.5 Å². The number of fused-ring (bicyclic) bond motifs is 1. The molecule has 0 saturated carbocycles. The molecule has 6 heteroatoms. The van der Waals surface area contributed by atoms with Crippen molar-refractivity contribution < 1.29 is 4.79 Å². The number of hydrogen-bond donors (Lipinski definition) is 1. The highest BCUT2D eigenvalue weighted by Crippen LogP contribution is 2.33. The van der Waals surface area contributed by atoms with Crippen LogP contribution in [0.15, 0.2) is 5.38 Å². The van der Waals surface area contributed by atoms with Crippen molar-refractivity contribution in [3.63, 3.8) is 0 Å². The molecule has 1 N–H and O–H groups in total. The number of hydrogen-bond acceptors (Lipinski definition) is 5. The number of rotatable bonds is 3. The summed E-state index contributed by atoms with van der Waals surface area (Å²) in [5.41, 5.74) is 2.06. The second-order valence-electron chi connectivity index (χ2n) is 5.95. The van der Waals surface area contributed by atoms with Crippen molar-refractivity contribution in [2.24, 2.45) is 5.92 Å². The van der Waals surface area contributed by atoms with Crippen LogP contribution in [0, 0.1) is 5.92 Å². The molecular formula is C15H19N3OS2. The standard InChI is InChI=1S/C15H19N3OS2/c1-8(2)14-17-18-15(21-14)16-13(19)11-7-20-12-6-9(3)4-5-10(11)12/h7-9H,4-6H2,1-3H3,(H,16,18,19)/t9-/m0/s1. The van der Waals surface area contributed by atoms with Crippen LogP contribution < -0.4 is 5.32 Å². The molecule has 0 radical (unpaired) electrons. The third-order valence-corrected chi connectivity index (χ3v) is 5.99. The lowest BCUT2D eigenvalue weighted by Gasteiger charge is -2.18. The van der Waals surface area contributed by atoms with Gasteiger partial charge in [-0.2, -0.15) is 0 Å². The summed E-state index contributed by atoms with van der Waals surface area (Å²) in [4.78, 5) is 13.8. The molecule has 3 rings (SSSR count). The third-order valence-electron chi connectivity index (χ3n) is 3.80. The molecule has 1 atom stereocenters. The smallest absolute Gasteiger partial charge is 0.258 e. The highest BCUT2D eigenvalue weighted by molar-refractivity contribution is 7.15. The summed E-state index contributed by atoms with van der Waals surface area (Å²) >= 11 is 3.16. The molecule has 0 bridgehead atoms. The predicted molar refractivity (Wildman–Crippen MR) is 87.5 cm³/mol. The number of anilines is 1. The van der Waals surface area contributed by atoms with E-state index in [1.807, 2.05) is 5.38 Å². The zero-order valence-electron chi connectivity index (χ0n) is 12.5. The van der Waals surface area contributed by atoms with Crippen LogP contribution in [0.1, 0.15) is 58.9 Å². The summed E-state index contributed by atoms with van der Waals surface area (Å²) in [6.45, 7) is 6.42. The number of thiophene rings is 1. The minimum Gasteiger partial charge on any atom is -0.296 e. The van der Waals surface area contributed by atoms with E-state index in [1.54, 1.807) is 11.3 Å². The van der Waals surface area contributed by atoms with Crippen molar-refractivity contribution >= 4 is 33.7 Å². The van der Waals surface area contributed by atoms with E-state index >= 15 is 0 Å². The molecule has 1 amide bonds. The average molecular weight is 321 g/mol. The Hall–Kier alpha value is -1.27. The Morgan fingerprint density at radius 2 is 2.24 bits per heavy atom. The molecule has 4 nitrogen and oxygen atoms in total. The van der Waals surface area contributed by atoms with Crippen molar-refractivity contribution in [1.82, 2.24) is 10.2 Å². The fourth-order valence-electron chi connectivity index (χ4n) is 2.55. The normalized spacial score (nSPS) is 17.8. The van der Waals surface area contributed by atoms with E-state index in [2.05, 4.69) is 36.3 Å². The zero-order valence-corrected chi connectivity index (χ0v) is 14.1. The maximum absolute atomic E-state index is 12.4. The number of amides is 1. The molecule has 1 aliphatic carbocycles. The molecule has 0 unspecified atom stereocenters. The van der Waals surface area contributed by atoms with Crippen LogP contribution in [0.5, 0.6) is 0 Å². The maximum atomic E-state index is 12.4. The monoisotopic (exact) mass is 321 g/mol. The highest BCUT2D eigenvalue weighted by Gasteiger charge is 2.23. The van der Waals surface area contributed by atoms with Crippen molar-refractivity contribution in [3.05, 3.63) is 26.4 Å². The molecule has 0 saturated heterocycles. The summed E-state index contributed by atoms with van der Waals surface area (Å²) < 4.78 is 0. The molecule has 2 heterocycles. The Balaban J connectivity index is 1.76. The minimum absolute atomic E-state index is 0.0477. The van der Waals surface area contributed by atoms with E-state index < -0.39 is 0 Å². The Kier molecular flexibility index (Phi) is 4.08. The van der Waals surface area contributed by atoms with Gasteiger partial charge >= 0.3 is 0 Å². The van der Waals surface area contributed by atoms with Gasteiger partial charge in [0.1, 0.15) is 5.01 Å². The van der Waals surface area contributed by atoms with E-state index in [4.69, 9.17) is 0 Å². The van der Waals surface area contributed by atoms with Crippen LogP contribution in [-0.2, 0) is 12.8 Å². The lowest BCUT2D eigenvalue weighted by molar-refractivity contribution is 0.102. The highest BCUT2D eigenvalue weighted by atomic mass is 32.1. The van der Waals surface area contributed by atoms with Gasteiger partial charge in [0.25, 0.3) is 5.91 Å². The first-order valence-electron chi connectivity index (χ1n) is 7.28. The van der Waals surface area contributed by atoms with Crippen LogP contribution in [0.3, 0.4) is 0 Å². The summed E-state index contributed by atoms with van der Waals surface area (Å²) in [7, 11) is 0. The summed E-state index contributed by atoms with van der Waals surface area (Å²) in [5, 5.41) is 14.6. The maximum Gasteiger partial charge on any atom is 0.258 e. The molecule has 112 valence electrons. The molecule has 2 aromatic rings. The fraction of sp³-hybridized carbons (Fsp3) is 0.533. The van der Waals surface area contributed by atoms with Gasteiger partial charge in [0.2, 0.25) is 5.13 Å². The van der Waals surface area contributed by atoms with Gasteiger partial charge in [0.05, 0.1) is 5.56 Å². The zero-order chi connectivity index (χ0) is 15.0. The summed E-state index contributed by atoms with van der Waals surface area (Å²) in [5.74, 6) is 1.01. The van der Waals surface area contributed by atoms with Crippen LogP contribution in [0.25, 0.3) is 0 Å². The largest absolute Gasteiger partial charge is 0.296 e. The Morgan fingerprint density at radius 3 is 2.95 bits per heavy atom. The lowest BCUT2D eigenvalue weighted by Crippen LogP contribution is -2.16. The van der Waals surface area contributed by atoms with Gasteiger partial charge in [0, 0.05) is 16.2 Å². The predicted octanol–water partition coefficient (Wildman–Crippen LogP) is 4.10. The van der Waals surface area contributed by atoms with Gasteiger partial charge in [-0.3, -0.25) is 10.1 Å². The fourth-order valence-corrected chi connectivity index (χ4v) is 4.54. The molecule has 2 aromatic heterocycles. The number of nitrogens with one attached hydrogen (secondary N) is 1. The van der Waals surface area contributed by atoms with Gasteiger partial charge in [-0.25, -0.2) is 0 Å². The lowest BCUT2D eigenvalue weighted by atomic mass is 9.88. The number of nitrogens with zero attached hydrogens (tertiary/aromatic N) is 2. The Labute approximate surface area is 132 Å². The second kappa shape index (κ2) is 5.85. The van der Waals surface area contributed by atoms with E-state index in [9.17, 15) is 4.79 Å². The van der Waals surface area contributed by atoms with Crippen LogP contribution in [-0.4, -0.2) is 16.1 Å². The molecule has 0 aliphatic heterocycles. The van der Waals surface area contributed by atoms with E-state index in [1.165, 1.54) is 28.2 Å². The molecular weight excluding hydrogens is 302 g/mol. The van der Waals surface area contributed by atoms with Crippen molar-refractivity contribution in [3.8, 4) is 0 Å². The summed E-state index contributed by atoms with van der Waals surface area (Å²) in [6, 6.07) is 0. The van der Waals surface area contributed by atoms with E-state index in [0.29, 0.717) is 11.0 Å². The molecule has 0 fully saturated rings. The van der Waals surface area contributed by atoms with Gasteiger partial charge in [-0.1, -0.05) is 32.1 Å². The average Bonchev–Trinajstić information content (AvgIpc) is 3.04.